The van der Waals surface area contributed by atoms with Crippen LogP contribution >= 0.6 is 0 Å². The van der Waals surface area contributed by atoms with Crippen molar-refractivity contribution in [2.45, 2.75) is 12.5 Å². The first-order chi connectivity index (χ1) is 6.86. The second-order valence-electron chi connectivity index (χ2n) is 3.28. The van der Waals surface area contributed by atoms with Gasteiger partial charge < -0.3 is 10.1 Å². The molecule has 4 nitrogen and oxygen atoms in total. The molecule has 0 saturated carbocycles. The van der Waals surface area contributed by atoms with Crippen LogP contribution in [0.15, 0.2) is 24.5 Å². The average Bonchev–Trinajstić information content (AvgIpc) is 2.72. The van der Waals surface area contributed by atoms with Gasteiger partial charge in [0.15, 0.2) is 0 Å². The minimum Gasteiger partial charge on any atom is -0.379 e. The van der Waals surface area contributed by atoms with Crippen molar-refractivity contribution in [1.82, 2.24) is 10.3 Å². The topological polar surface area (TPSA) is 51.2 Å². The molecule has 1 aliphatic heterocycles. The van der Waals surface area contributed by atoms with Gasteiger partial charge in [-0.15, -0.1) is 0 Å². The maximum absolute atomic E-state index is 11.6. The summed E-state index contributed by atoms with van der Waals surface area (Å²) >= 11 is 0. The zero-order chi connectivity index (χ0) is 9.80. The molecule has 1 aromatic heterocycles. The molecule has 2 heterocycles. The fraction of sp³-hybridized carbons (Fsp3) is 0.400. The van der Waals surface area contributed by atoms with Gasteiger partial charge in [-0.3, -0.25) is 9.78 Å². The maximum atomic E-state index is 11.6. The number of ether oxygens (including phenoxy) is 1. The number of aromatic nitrogens is 1. The van der Waals surface area contributed by atoms with Gasteiger partial charge in [0.1, 0.15) is 0 Å². The molecule has 0 bridgehead atoms. The molecule has 14 heavy (non-hydrogen) atoms. The van der Waals surface area contributed by atoms with Crippen LogP contribution in [0.5, 0.6) is 0 Å². The predicted molar refractivity (Wildman–Crippen MR) is 50.9 cm³/mol. The lowest BCUT2D eigenvalue weighted by Gasteiger charge is -2.09. The van der Waals surface area contributed by atoms with Gasteiger partial charge in [-0.1, -0.05) is 0 Å². The summed E-state index contributed by atoms with van der Waals surface area (Å²) in [7, 11) is 0. The molecule has 0 radical (unpaired) electrons. The summed E-state index contributed by atoms with van der Waals surface area (Å²) in [5.74, 6) is -0.0754. The Labute approximate surface area is 82.3 Å². The van der Waals surface area contributed by atoms with Crippen molar-refractivity contribution in [2.24, 2.45) is 0 Å². The quantitative estimate of drug-likeness (QED) is 0.746. The lowest BCUT2D eigenvalue weighted by atomic mass is 10.2. The van der Waals surface area contributed by atoms with Crippen molar-refractivity contribution < 1.29 is 9.53 Å². The highest BCUT2D eigenvalue weighted by Crippen LogP contribution is 2.04. The Morgan fingerprint density at radius 1 is 1.64 bits per heavy atom. The Morgan fingerprint density at radius 3 is 3.21 bits per heavy atom. The first-order valence-corrected chi connectivity index (χ1v) is 4.65. The minimum absolute atomic E-state index is 0.0754. The largest absolute Gasteiger partial charge is 0.379 e. The number of nitrogens with one attached hydrogen (secondary N) is 1. The van der Waals surface area contributed by atoms with E-state index in [1.807, 2.05) is 0 Å². The second kappa shape index (κ2) is 4.19. The molecule has 1 amide bonds. The third kappa shape index (κ3) is 2.09. The van der Waals surface area contributed by atoms with E-state index in [1.54, 1.807) is 24.5 Å². The van der Waals surface area contributed by atoms with Gasteiger partial charge in [0, 0.05) is 19.0 Å². The Hall–Kier alpha value is -1.42. The normalized spacial score (nSPS) is 20.7. The van der Waals surface area contributed by atoms with Gasteiger partial charge in [0.25, 0.3) is 5.91 Å². The molecule has 0 spiro atoms. The van der Waals surface area contributed by atoms with Crippen molar-refractivity contribution in [2.75, 3.05) is 13.2 Å². The summed E-state index contributed by atoms with van der Waals surface area (Å²) < 4.78 is 5.16. The van der Waals surface area contributed by atoms with E-state index in [-0.39, 0.29) is 11.9 Å². The SMILES string of the molecule is O=C(NC1CCOC1)c1cccnc1. The standard InChI is InChI=1S/C10H12N2O2/c13-10(8-2-1-4-11-6-8)12-9-3-5-14-7-9/h1-2,4,6,9H,3,5,7H2,(H,12,13). The van der Waals surface area contributed by atoms with Crippen LogP contribution in [-0.2, 0) is 4.74 Å². The van der Waals surface area contributed by atoms with Crippen molar-refractivity contribution in [3.05, 3.63) is 30.1 Å². The van der Waals surface area contributed by atoms with Crippen LogP contribution in [-0.4, -0.2) is 30.1 Å². The van der Waals surface area contributed by atoms with E-state index in [9.17, 15) is 4.79 Å². The minimum atomic E-state index is -0.0754. The van der Waals surface area contributed by atoms with Gasteiger partial charge in [-0.2, -0.15) is 0 Å². The van der Waals surface area contributed by atoms with E-state index in [4.69, 9.17) is 4.74 Å². The molecule has 1 saturated heterocycles. The van der Waals surface area contributed by atoms with Crippen LogP contribution in [0.1, 0.15) is 16.8 Å². The van der Waals surface area contributed by atoms with Crippen molar-refractivity contribution in [3.63, 3.8) is 0 Å². The van der Waals surface area contributed by atoms with Gasteiger partial charge in [-0.05, 0) is 18.6 Å². The summed E-state index contributed by atoms with van der Waals surface area (Å²) in [6.45, 7) is 1.35. The van der Waals surface area contributed by atoms with Crippen molar-refractivity contribution >= 4 is 5.91 Å². The molecule has 2 rings (SSSR count). The number of carbonyl (C=O) groups is 1. The molecule has 1 N–H and O–H groups in total. The molecule has 1 unspecified atom stereocenters. The molecule has 4 heteroatoms. The zero-order valence-corrected chi connectivity index (χ0v) is 7.77. The van der Waals surface area contributed by atoms with Crippen LogP contribution in [0.3, 0.4) is 0 Å². The smallest absolute Gasteiger partial charge is 0.253 e. The van der Waals surface area contributed by atoms with Crippen LogP contribution in [0, 0.1) is 0 Å². The monoisotopic (exact) mass is 192 g/mol. The second-order valence-corrected chi connectivity index (χ2v) is 3.28. The molecule has 1 atom stereocenters. The number of carbonyl (C=O) groups excluding carboxylic acids is 1. The van der Waals surface area contributed by atoms with E-state index in [0.717, 1.165) is 13.0 Å². The van der Waals surface area contributed by atoms with Gasteiger partial charge in [-0.25, -0.2) is 0 Å². The summed E-state index contributed by atoms with van der Waals surface area (Å²) in [6.07, 6.45) is 4.10. The third-order valence-corrected chi connectivity index (χ3v) is 2.19. The third-order valence-electron chi connectivity index (χ3n) is 2.19. The first-order valence-electron chi connectivity index (χ1n) is 4.65. The highest BCUT2D eigenvalue weighted by Gasteiger charge is 2.18. The Kier molecular flexibility index (Phi) is 2.74. The van der Waals surface area contributed by atoms with Crippen LogP contribution in [0.25, 0.3) is 0 Å². The highest BCUT2D eigenvalue weighted by atomic mass is 16.5. The Morgan fingerprint density at radius 2 is 2.57 bits per heavy atom. The maximum Gasteiger partial charge on any atom is 0.253 e. The Bertz CT molecular complexity index is 307. The molecule has 74 valence electrons. The fourth-order valence-corrected chi connectivity index (χ4v) is 1.41. The summed E-state index contributed by atoms with van der Waals surface area (Å²) in [6, 6.07) is 3.65. The number of nitrogens with zero attached hydrogens (tertiary/aromatic N) is 1. The summed E-state index contributed by atoms with van der Waals surface area (Å²) in [4.78, 5) is 15.5. The number of hydrogen-bond acceptors (Lipinski definition) is 3. The van der Waals surface area contributed by atoms with E-state index < -0.39 is 0 Å². The predicted octanol–water partition coefficient (Wildman–Crippen LogP) is 0.600. The number of pyridine rings is 1. The van der Waals surface area contributed by atoms with E-state index in [2.05, 4.69) is 10.3 Å². The molecule has 0 aromatic carbocycles. The van der Waals surface area contributed by atoms with E-state index >= 15 is 0 Å². The molecule has 1 aromatic rings. The molecular formula is C10H12N2O2. The Balaban J connectivity index is 1.95. The lowest BCUT2D eigenvalue weighted by molar-refractivity contribution is 0.0929. The number of hydrogen-bond donors (Lipinski definition) is 1. The fourth-order valence-electron chi connectivity index (χ4n) is 1.41. The average molecular weight is 192 g/mol. The van der Waals surface area contributed by atoms with Crippen molar-refractivity contribution in [1.29, 1.82) is 0 Å². The number of rotatable bonds is 2. The molecule has 0 aliphatic carbocycles. The molecular weight excluding hydrogens is 180 g/mol. The van der Waals surface area contributed by atoms with Crippen LogP contribution in [0.4, 0.5) is 0 Å². The van der Waals surface area contributed by atoms with E-state index in [1.165, 1.54) is 0 Å². The van der Waals surface area contributed by atoms with E-state index in [0.29, 0.717) is 12.2 Å². The van der Waals surface area contributed by atoms with Crippen molar-refractivity contribution in [3.8, 4) is 0 Å². The van der Waals surface area contributed by atoms with Crippen LogP contribution < -0.4 is 5.32 Å². The molecule has 1 fully saturated rings. The summed E-state index contributed by atoms with van der Waals surface area (Å²) in [5, 5.41) is 2.89. The number of amides is 1. The summed E-state index contributed by atoms with van der Waals surface area (Å²) in [5.41, 5.74) is 0.597. The highest BCUT2D eigenvalue weighted by molar-refractivity contribution is 5.94. The lowest BCUT2D eigenvalue weighted by Crippen LogP contribution is -2.34. The van der Waals surface area contributed by atoms with Gasteiger partial charge in [0.05, 0.1) is 18.2 Å². The first kappa shape index (κ1) is 9.15. The van der Waals surface area contributed by atoms with Crippen LogP contribution in [0.2, 0.25) is 0 Å². The zero-order valence-electron chi connectivity index (χ0n) is 7.77. The molecule has 1 aliphatic rings. The van der Waals surface area contributed by atoms with Gasteiger partial charge in [0.2, 0.25) is 0 Å². The van der Waals surface area contributed by atoms with Gasteiger partial charge >= 0.3 is 0 Å².